The third-order valence-corrected chi connectivity index (χ3v) is 4.94. The third kappa shape index (κ3) is 3.39. The fraction of sp³-hybridized carbons (Fsp3) is 0.0870. The van der Waals surface area contributed by atoms with Gasteiger partial charge >= 0.3 is 0 Å². The zero-order valence-corrected chi connectivity index (χ0v) is 15.4. The third-order valence-electron chi connectivity index (χ3n) is 4.69. The van der Waals surface area contributed by atoms with Crippen molar-refractivity contribution in [2.24, 2.45) is 0 Å². The smallest absolute Gasteiger partial charge is 0.173 e. The quantitative estimate of drug-likeness (QED) is 0.541. The van der Waals surface area contributed by atoms with Crippen molar-refractivity contribution in [3.63, 3.8) is 0 Å². The molecule has 0 saturated heterocycles. The molecule has 134 valence electrons. The highest BCUT2D eigenvalue weighted by atomic mass is 35.5. The van der Waals surface area contributed by atoms with Gasteiger partial charge in [-0.3, -0.25) is 0 Å². The van der Waals surface area contributed by atoms with Gasteiger partial charge in [-0.25, -0.2) is 4.98 Å². The number of aromatic nitrogens is 2. The lowest BCUT2D eigenvalue weighted by molar-refractivity contribution is 0.111. The van der Waals surface area contributed by atoms with Crippen LogP contribution in [-0.2, 0) is 12.1 Å². The number of benzene rings is 3. The van der Waals surface area contributed by atoms with Crippen LogP contribution in [0.4, 0.5) is 0 Å². The number of nitrogens with zero attached hydrogens (tertiary/aromatic N) is 2. The molecule has 0 aliphatic heterocycles. The summed E-state index contributed by atoms with van der Waals surface area (Å²) in [4.78, 5) is 4.54. The molecule has 3 nitrogen and oxygen atoms in total. The molecule has 1 aromatic heterocycles. The summed E-state index contributed by atoms with van der Waals surface area (Å²) < 4.78 is 1.98. The summed E-state index contributed by atoms with van der Waals surface area (Å²) in [5.41, 5.74) is 1.24. The monoisotopic (exact) mass is 374 g/mol. The highest BCUT2D eigenvalue weighted by Crippen LogP contribution is 2.36. The maximum atomic E-state index is 11.9. The van der Waals surface area contributed by atoms with Crippen molar-refractivity contribution in [3.8, 4) is 0 Å². The Balaban J connectivity index is 1.86. The Kier molecular flexibility index (Phi) is 4.80. The molecule has 0 aliphatic carbocycles. The first-order chi connectivity index (χ1) is 13.2. The van der Waals surface area contributed by atoms with Crippen molar-refractivity contribution in [2.75, 3.05) is 0 Å². The van der Waals surface area contributed by atoms with E-state index in [0.717, 1.165) is 16.7 Å². The van der Waals surface area contributed by atoms with Crippen LogP contribution in [0.3, 0.4) is 0 Å². The lowest BCUT2D eigenvalue weighted by atomic mass is 9.85. The van der Waals surface area contributed by atoms with Crippen LogP contribution in [-0.4, -0.2) is 14.7 Å². The molecule has 0 bridgehead atoms. The molecule has 0 radical (unpaired) electrons. The summed E-state index contributed by atoms with van der Waals surface area (Å²) in [6, 6.07) is 27.0. The normalized spacial score (nSPS) is 13.3. The zero-order chi connectivity index (χ0) is 18.7. The van der Waals surface area contributed by atoms with Crippen LogP contribution in [0, 0.1) is 0 Å². The number of rotatable bonds is 5. The first kappa shape index (κ1) is 17.5. The maximum Gasteiger partial charge on any atom is 0.173 e. The Morgan fingerprint density at radius 2 is 1.41 bits per heavy atom. The van der Waals surface area contributed by atoms with Gasteiger partial charge in [0.2, 0.25) is 0 Å². The van der Waals surface area contributed by atoms with Crippen LogP contribution in [0.15, 0.2) is 97.3 Å². The highest BCUT2D eigenvalue weighted by Gasteiger charge is 2.37. The topological polar surface area (TPSA) is 38.1 Å². The first-order valence-corrected chi connectivity index (χ1v) is 9.15. The van der Waals surface area contributed by atoms with Crippen molar-refractivity contribution in [2.45, 2.75) is 12.1 Å². The fourth-order valence-corrected chi connectivity index (χ4v) is 3.46. The molecule has 0 amide bonds. The number of halogens is 1. The maximum absolute atomic E-state index is 11.9. The van der Waals surface area contributed by atoms with E-state index in [0.29, 0.717) is 17.4 Å². The van der Waals surface area contributed by atoms with Gasteiger partial charge in [0.05, 0.1) is 0 Å². The Labute approximate surface area is 163 Å². The lowest BCUT2D eigenvalue weighted by Gasteiger charge is -2.29. The molecule has 1 N–H and O–H groups in total. The molecule has 0 fully saturated rings. The molecule has 27 heavy (non-hydrogen) atoms. The van der Waals surface area contributed by atoms with E-state index in [1.165, 1.54) is 0 Å². The average molecular weight is 375 g/mol. The molecule has 1 heterocycles. The molecular weight excluding hydrogens is 356 g/mol. The summed E-state index contributed by atoms with van der Waals surface area (Å²) in [5, 5.41) is 12.6. The van der Waals surface area contributed by atoms with E-state index in [1.54, 1.807) is 18.3 Å². The Bertz CT molecular complexity index is 1010. The van der Waals surface area contributed by atoms with Crippen LogP contribution in [0.2, 0.25) is 5.02 Å². The van der Waals surface area contributed by atoms with Crippen molar-refractivity contribution in [3.05, 3.63) is 125 Å². The molecule has 0 aliphatic rings. The van der Waals surface area contributed by atoms with Gasteiger partial charge < -0.3 is 9.67 Å². The molecule has 4 heteroatoms. The van der Waals surface area contributed by atoms with Crippen molar-refractivity contribution in [1.29, 1.82) is 0 Å². The van der Waals surface area contributed by atoms with E-state index in [9.17, 15) is 5.11 Å². The van der Waals surface area contributed by atoms with Gasteiger partial charge in [-0.2, -0.15) is 0 Å². The molecular formula is C23H19ClN2O. The minimum atomic E-state index is -1.38. The molecule has 4 rings (SSSR count). The first-order valence-electron chi connectivity index (χ1n) is 8.77. The van der Waals surface area contributed by atoms with E-state index in [4.69, 9.17) is 11.6 Å². The van der Waals surface area contributed by atoms with Gasteiger partial charge in [-0.15, -0.1) is 0 Å². The van der Waals surface area contributed by atoms with Crippen LogP contribution in [0.25, 0.3) is 0 Å². The summed E-state index contributed by atoms with van der Waals surface area (Å²) in [5.74, 6) is 0.569. The van der Waals surface area contributed by atoms with Crippen LogP contribution >= 0.6 is 11.6 Å². The van der Waals surface area contributed by atoms with Gasteiger partial charge in [0, 0.05) is 24.0 Å². The van der Waals surface area contributed by atoms with Gasteiger partial charge in [0.1, 0.15) is 0 Å². The van der Waals surface area contributed by atoms with Gasteiger partial charge in [-0.05, 0) is 28.8 Å². The summed E-state index contributed by atoms with van der Waals surface area (Å²) in [7, 11) is 0. The van der Waals surface area contributed by atoms with Crippen molar-refractivity contribution < 1.29 is 5.11 Å². The fourth-order valence-electron chi connectivity index (χ4n) is 3.33. The van der Waals surface area contributed by atoms with E-state index in [2.05, 4.69) is 17.1 Å². The second kappa shape index (κ2) is 7.39. The number of hydrogen-bond donors (Lipinski definition) is 1. The summed E-state index contributed by atoms with van der Waals surface area (Å²) in [6.45, 7) is 0.624. The molecule has 4 aromatic rings. The molecule has 0 spiro atoms. The molecule has 3 aromatic carbocycles. The minimum absolute atomic E-state index is 0.569. The van der Waals surface area contributed by atoms with E-state index < -0.39 is 5.60 Å². The van der Waals surface area contributed by atoms with Crippen molar-refractivity contribution in [1.82, 2.24) is 9.55 Å². The lowest BCUT2D eigenvalue weighted by Crippen LogP contribution is -2.32. The van der Waals surface area contributed by atoms with Crippen LogP contribution in [0.1, 0.15) is 22.5 Å². The van der Waals surface area contributed by atoms with E-state index >= 15 is 0 Å². The van der Waals surface area contributed by atoms with Crippen LogP contribution in [0.5, 0.6) is 0 Å². The average Bonchev–Trinajstić information content (AvgIpc) is 3.18. The number of imidazole rings is 1. The zero-order valence-electron chi connectivity index (χ0n) is 14.7. The van der Waals surface area contributed by atoms with Crippen LogP contribution < -0.4 is 0 Å². The summed E-state index contributed by atoms with van der Waals surface area (Å²) >= 11 is 6.07. The number of aliphatic hydroxyl groups is 1. The SMILES string of the molecule is OC(c1ccccc1)(c1ccc(Cl)cc1)c1nccn1Cc1ccccc1. The minimum Gasteiger partial charge on any atom is -0.373 e. The van der Waals surface area contributed by atoms with E-state index in [-0.39, 0.29) is 0 Å². The molecule has 0 saturated carbocycles. The predicted octanol–water partition coefficient (Wildman–Crippen LogP) is 4.87. The van der Waals surface area contributed by atoms with Crippen molar-refractivity contribution >= 4 is 11.6 Å². The summed E-state index contributed by atoms with van der Waals surface area (Å²) in [6.07, 6.45) is 3.62. The Morgan fingerprint density at radius 1 is 0.815 bits per heavy atom. The largest absolute Gasteiger partial charge is 0.373 e. The predicted molar refractivity (Wildman–Crippen MR) is 108 cm³/mol. The molecule has 1 atom stereocenters. The van der Waals surface area contributed by atoms with Gasteiger partial charge in [-0.1, -0.05) is 84.4 Å². The highest BCUT2D eigenvalue weighted by molar-refractivity contribution is 6.30. The second-order valence-corrected chi connectivity index (χ2v) is 6.88. The Morgan fingerprint density at radius 3 is 2.07 bits per heavy atom. The Hall–Kier alpha value is -2.88. The van der Waals surface area contributed by atoms with Gasteiger partial charge in [0.15, 0.2) is 11.4 Å². The van der Waals surface area contributed by atoms with Gasteiger partial charge in [0.25, 0.3) is 0 Å². The standard InChI is InChI=1S/C23H19ClN2O/c24-21-13-11-20(12-14-21)23(27,19-9-5-2-6-10-19)22-25-15-16-26(22)17-18-7-3-1-4-8-18/h1-16,27H,17H2. The molecule has 1 unspecified atom stereocenters. The van der Waals surface area contributed by atoms with E-state index in [1.807, 2.05) is 71.4 Å². The second-order valence-electron chi connectivity index (χ2n) is 6.45. The number of hydrogen-bond acceptors (Lipinski definition) is 2.